The van der Waals surface area contributed by atoms with E-state index in [0.717, 1.165) is 0 Å². The third kappa shape index (κ3) is 3.35. The largest absolute Gasteiger partial charge is 0.479 e. The maximum Gasteiger partial charge on any atom is 0.331 e. The van der Waals surface area contributed by atoms with Crippen LogP contribution in [-0.4, -0.2) is 60.6 Å². The average Bonchev–Trinajstić information content (AvgIpc) is 2.82. The summed E-state index contributed by atoms with van der Waals surface area (Å²) in [7, 11) is 0.788. The Labute approximate surface area is 118 Å². The Kier molecular flexibility index (Phi) is 4.38. The van der Waals surface area contributed by atoms with Gasteiger partial charge in [-0.25, -0.2) is 9.59 Å². The van der Waals surface area contributed by atoms with Gasteiger partial charge in [0.15, 0.2) is 6.04 Å². The number of nitrogens with one attached hydrogen (secondary N) is 1. The third-order valence-corrected chi connectivity index (χ3v) is 4.31. The Morgan fingerprint density at radius 2 is 2.10 bits per heavy atom. The molecule has 0 aromatic carbocycles. The molecule has 20 heavy (non-hydrogen) atoms. The topological polar surface area (TPSA) is 105 Å². The summed E-state index contributed by atoms with van der Waals surface area (Å²) >= 11 is 0. The Bertz CT molecular complexity index is 534. The number of rotatable bonds is 3. The van der Waals surface area contributed by atoms with E-state index in [1.807, 2.05) is 0 Å². The number of urea groups is 1. The van der Waals surface area contributed by atoms with Gasteiger partial charge in [0.05, 0.1) is 6.20 Å². The third-order valence-electron chi connectivity index (χ3n) is 3.04. The van der Waals surface area contributed by atoms with Gasteiger partial charge in [0.25, 0.3) is 0 Å². The summed E-state index contributed by atoms with van der Waals surface area (Å²) in [6.07, 6.45) is 2.95. The molecule has 0 aliphatic carbocycles. The van der Waals surface area contributed by atoms with Crippen molar-refractivity contribution >= 4 is 22.8 Å². The molecule has 1 aromatic heterocycles. The van der Waals surface area contributed by atoms with Crippen LogP contribution in [0.3, 0.4) is 0 Å². The normalized spacial score (nSPS) is 17.8. The second-order valence-electron chi connectivity index (χ2n) is 4.50. The average molecular weight is 300 g/mol. The summed E-state index contributed by atoms with van der Waals surface area (Å²) in [6, 6.07) is -1.60. The van der Waals surface area contributed by atoms with Crippen LogP contribution < -0.4 is 5.32 Å². The number of hydrogen-bond donors (Lipinski definition) is 2. The zero-order valence-electron chi connectivity index (χ0n) is 11.0. The van der Waals surface area contributed by atoms with Crippen LogP contribution in [0, 0.1) is 0 Å². The number of carbonyl (C=O) groups is 2. The molecule has 1 atom stereocenters. The molecule has 2 amide bonds. The fourth-order valence-electron chi connectivity index (χ4n) is 1.93. The maximum atomic E-state index is 12.0. The van der Waals surface area contributed by atoms with Crippen molar-refractivity contribution in [3.05, 3.63) is 18.0 Å². The number of hydrogen-bond acceptors (Lipinski definition) is 4. The standard InChI is InChI=1S/C11H16N4O4S/c1-14-7-8(6-12-14)9(10(16)17)13-11(18)15-2-4-20(19)5-3-15/h6-7,9H,2-5H2,1H3,(H,13,18)(H,16,17). The fraction of sp³-hybridized carbons (Fsp3) is 0.545. The lowest BCUT2D eigenvalue weighted by Crippen LogP contribution is -2.48. The number of carboxylic acids is 1. The van der Waals surface area contributed by atoms with Crippen molar-refractivity contribution in [1.29, 1.82) is 0 Å². The van der Waals surface area contributed by atoms with E-state index in [4.69, 9.17) is 0 Å². The highest BCUT2D eigenvalue weighted by Crippen LogP contribution is 2.13. The minimum Gasteiger partial charge on any atom is -0.479 e. The van der Waals surface area contributed by atoms with Crippen LogP contribution in [0.1, 0.15) is 11.6 Å². The first-order valence-corrected chi connectivity index (χ1v) is 7.58. The van der Waals surface area contributed by atoms with Gasteiger partial charge < -0.3 is 15.3 Å². The zero-order chi connectivity index (χ0) is 14.7. The number of aliphatic carboxylic acids is 1. The summed E-state index contributed by atoms with van der Waals surface area (Å²) in [4.78, 5) is 24.8. The highest BCUT2D eigenvalue weighted by molar-refractivity contribution is 7.85. The predicted molar refractivity (Wildman–Crippen MR) is 71.6 cm³/mol. The van der Waals surface area contributed by atoms with Gasteiger partial charge in [0, 0.05) is 54.2 Å². The minimum atomic E-state index is -1.15. The molecule has 2 N–H and O–H groups in total. The number of carbonyl (C=O) groups excluding carboxylic acids is 1. The highest BCUT2D eigenvalue weighted by Gasteiger charge is 2.27. The van der Waals surface area contributed by atoms with Gasteiger partial charge in [-0.05, 0) is 0 Å². The van der Waals surface area contributed by atoms with Gasteiger partial charge in [-0.3, -0.25) is 8.89 Å². The molecular weight excluding hydrogens is 284 g/mol. The summed E-state index contributed by atoms with van der Waals surface area (Å²) in [5.74, 6) is -0.289. The van der Waals surface area contributed by atoms with Crippen LogP contribution in [-0.2, 0) is 22.6 Å². The van der Waals surface area contributed by atoms with Gasteiger partial charge in [-0.1, -0.05) is 0 Å². The second kappa shape index (κ2) is 6.04. The molecule has 1 saturated heterocycles. The quantitative estimate of drug-likeness (QED) is 0.769. The molecule has 110 valence electrons. The van der Waals surface area contributed by atoms with E-state index in [2.05, 4.69) is 10.4 Å². The first-order valence-electron chi connectivity index (χ1n) is 6.09. The summed E-state index contributed by atoms with van der Waals surface area (Å²) in [5.41, 5.74) is 0.411. The van der Waals surface area contributed by atoms with Crippen LogP contribution in [0.15, 0.2) is 12.4 Å². The lowest BCUT2D eigenvalue weighted by Gasteiger charge is -2.27. The summed E-state index contributed by atoms with van der Waals surface area (Å²) < 4.78 is 12.7. The van der Waals surface area contributed by atoms with Crippen LogP contribution in [0.2, 0.25) is 0 Å². The van der Waals surface area contributed by atoms with E-state index in [0.29, 0.717) is 30.2 Å². The van der Waals surface area contributed by atoms with Crippen molar-refractivity contribution in [2.24, 2.45) is 7.05 Å². The second-order valence-corrected chi connectivity index (χ2v) is 6.20. The number of amides is 2. The van der Waals surface area contributed by atoms with Crippen molar-refractivity contribution in [2.75, 3.05) is 24.6 Å². The molecule has 9 heteroatoms. The predicted octanol–water partition coefficient (Wildman–Crippen LogP) is -0.680. The molecule has 0 radical (unpaired) electrons. The smallest absolute Gasteiger partial charge is 0.331 e. The number of nitrogens with zero attached hydrogens (tertiary/aromatic N) is 3. The number of carboxylic acid groups (broad SMARTS) is 1. The van der Waals surface area contributed by atoms with Gasteiger partial charge in [0.1, 0.15) is 0 Å². The van der Waals surface area contributed by atoms with Gasteiger partial charge >= 0.3 is 12.0 Å². The van der Waals surface area contributed by atoms with Crippen LogP contribution in [0.5, 0.6) is 0 Å². The summed E-state index contributed by atoms with van der Waals surface area (Å²) in [6.45, 7) is 0.746. The molecule has 1 unspecified atom stereocenters. The van der Waals surface area contributed by atoms with E-state index in [1.165, 1.54) is 15.8 Å². The van der Waals surface area contributed by atoms with Crippen molar-refractivity contribution in [1.82, 2.24) is 20.0 Å². The molecule has 2 rings (SSSR count). The Hall–Kier alpha value is -1.90. The number of aryl methyl sites for hydroxylation is 1. The van der Waals surface area contributed by atoms with Gasteiger partial charge in [-0.2, -0.15) is 5.10 Å². The van der Waals surface area contributed by atoms with Crippen molar-refractivity contribution in [2.45, 2.75) is 6.04 Å². The van der Waals surface area contributed by atoms with Crippen LogP contribution >= 0.6 is 0 Å². The van der Waals surface area contributed by atoms with Crippen molar-refractivity contribution in [3.63, 3.8) is 0 Å². The monoisotopic (exact) mass is 300 g/mol. The van der Waals surface area contributed by atoms with Crippen LogP contribution in [0.25, 0.3) is 0 Å². The molecule has 8 nitrogen and oxygen atoms in total. The fourth-order valence-corrected chi connectivity index (χ4v) is 2.98. The van der Waals surface area contributed by atoms with E-state index >= 15 is 0 Å². The van der Waals surface area contributed by atoms with Crippen molar-refractivity contribution in [3.8, 4) is 0 Å². The molecule has 1 fully saturated rings. The summed E-state index contributed by atoms with van der Waals surface area (Å²) in [5, 5.41) is 15.6. The molecular formula is C11H16N4O4S. The first-order chi connectivity index (χ1) is 9.47. The van der Waals surface area contributed by atoms with E-state index < -0.39 is 28.8 Å². The molecule has 0 saturated carbocycles. The first kappa shape index (κ1) is 14.5. The Morgan fingerprint density at radius 1 is 1.45 bits per heavy atom. The maximum absolute atomic E-state index is 12.0. The molecule has 1 aliphatic heterocycles. The highest BCUT2D eigenvalue weighted by atomic mass is 32.2. The molecule has 1 aliphatic rings. The lowest BCUT2D eigenvalue weighted by atomic mass is 10.1. The lowest BCUT2D eigenvalue weighted by molar-refractivity contribution is -0.139. The van der Waals surface area contributed by atoms with Crippen molar-refractivity contribution < 1.29 is 18.9 Å². The van der Waals surface area contributed by atoms with E-state index in [-0.39, 0.29) is 0 Å². The van der Waals surface area contributed by atoms with Crippen LogP contribution in [0.4, 0.5) is 4.79 Å². The SMILES string of the molecule is Cn1cc(C(NC(=O)N2CCS(=O)CC2)C(=O)O)cn1. The molecule has 1 aromatic rings. The van der Waals surface area contributed by atoms with Gasteiger partial charge in [0.2, 0.25) is 0 Å². The zero-order valence-corrected chi connectivity index (χ0v) is 11.8. The van der Waals surface area contributed by atoms with Gasteiger partial charge in [-0.15, -0.1) is 0 Å². The minimum absolute atomic E-state index is 0.373. The Morgan fingerprint density at radius 3 is 2.60 bits per heavy atom. The Balaban J connectivity index is 2.03. The number of aromatic nitrogens is 2. The van der Waals surface area contributed by atoms with E-state index in [1.54, 1.807) is 13.2 Å². The van der Waals surface area contributed by atoms with E-state index in [9.17, 15) is 18.9 Å². The molecule has 0 spiro atoms. The molecule has 2 heterocycles. The molecule has 0 bridgehead atoms.